The van der Waals surface area contributed by atoms with Crippen LogP contribution in [0, 0.1) is 0 Å². The molecule has 1 N–H and O–H groups in total. The van der Waals surface area contributed by atoms with Crippen molar-refractivity contribution < 1.29 is 22.6 Å². The molecule has 0 saturated heterocycles. The van der Waals surface area contributed by atoms with E-state index >= 15 is 0 Å². The zero-order chi connectivity index (χ0) is 11.0. The molecule has 0 atom stereocenters. The lowest BCUT2D eigenvalue weighted by molar-refractivity contribution is -0.0960. The van der Waals surface area contributed by atoms with Crippen LogP contribution in [0.3, 0.4) is 0 Å². The number of methoxy groups -OCH3 is 3. The SMILES string of the molecule is COCCS(=O)(=O)NCC(OC)OC. The Labute approximate surface area is 84.6 Å². The Bertz CT molecular complexity index is 224. The van der Waals surface area contributed by atoms with Crippen LogP contribution in [0.15, 0.2) is 0 Å². The number of hydrogen-bond acceptors (Lipinski definition) is 5. The molecule has 0 unspecified atom stereocenters. The Morgan fingerprint density at radius 3 is 2.21 bits per heavy atom. The molecule has 0 spiro atoms. The number of sulfonamides is 1. The Kier molecular flexibility index (Phi) is 7.02. The molecular weight excluding hydrogens is 210 g/mol. The minimum Gasteiger partial charge on any atom is -0.384 e. The van der Waals surface area contributed by atoms with Gasteiger partial charge in [-0.3, -0.25) is 0 Å². The van der Waals surface area contributed by atoms with E-state index in [9.17, 15) is 8.42 Å². The monoisotopic (exact) mass is 227 g/mol. The van der Waals surface area contributed by atoms with Crippen molar-refractivity contribution in [2.75, 3.05) is 40.2 Å². The van der Waals surface area contributed by atoms with Crippen molar-refractivity contribution in [2.45, 2.75) is 6.29 Å². The predicted molar refractivity (Wildman–Crippen MR) is 51.5 cm³/mol. The summed E-state index contributed by atoms with van der Waals surface area (Å²) in [6.45, 7) is 0.263. The summed E-state index contributed by atoms with van der Waals surface area (Å²) in [6.07, 6.45) is -0.563. The highest BCUT2D eigenvalue weighted by Crippen LogP contribution is 1.91. The number of ether oxygens (including phenoxy) is 3. The molecule has 6 nitrogen and oxygen atoms in total. The Balaban J connectivity index is 3.86. The predicted octanol–water partition coefficient (Wildman–Crippen LogP) is -0.829. The first-order valence-corrected chi connectivity index (χ1v) is 5.73. The second-order valence-electron chi connectivity index (χ2n) is 2.56. The summed E-state index contributed by atoms with van der Waals surface area (Å²) >= 11 is 0. The number of rotatable bonds is 8. The minimum atomic E-state index is -3.29. The first kappa shape index (κ1) is 13.8. The molecule has 0 fully saturated rings. The number of hydrogen-bond donors (Lipinski definition) is 1. The van der Waals surface area contributed by atoms with Crippen LogP contribution >= 0.6 is 0 Å². The van der Waals surface area contributed by atoms with E-state index in [2.05, 4.69) is 9.46 Å². The summed E-state index contributed by atoms with van der Waals surface area (Å²) in [7, 11) is 1.04. The summed E-state index contributed by atoms with van der Waals surface area (Å²) in [5.41, 5.74) is 0. The molecule has 0 amide bonds. The highest BCUT2D eigenvalue weighted by molar-refractivity contribution is 7.89. The van der Waals surface area contributed by atoms with Crippen molar-refractivity contribution in [1.82, 2.24) is 4.72 Å². The molecule has 0 bridgehead atoms. The molecule has 0 aliphatic heterocycles. The average molecular weight is 227 g/mol. The molecule has 0 aliphatic carbocycles. The standard InChI is InChI=1S/C7H17NO5S/c1-11-4-5-14(9,10)8-6-7(12-2)13-3/h7-8H,4-6H2,1-3H3. The van der Waals surface area contributed by atoms with Crippen molar-refractivity contribution >= 4 is 10.0 Å². The van der Waals surface area contributed by atoms with Gasteiger partial charge in [0.25, 0.3) is 0 Å². The van der Waals surface area contributed by atoms with Crippen molar-refractivity contribution in [1.29, 1.82) is 0 Å². The summed E-state index contributed by atoms with van der Waals surface area (Å²) < 4.78 is 39.1. The van der Waals surface area contributed by atoms with Crippen LogP contribution in [0.1, 0.15) is 0 Å². The molecule has 14 heavy (non-hydrogen) atoms. The van der Waals surface area contributed by atoms with Gasteiger partial charge >= 0.3 is 0 Å². The highest BCUT2D eigenvalue weighted by atomic mass is 32.2. The van der Waals surface area contributed by atoms with E-state index in [0.717, 1.165) is 0 Å². The molecule has 0 aromatic heterocycles. The van der Waals surface area contributed by atoms with Gasteiger partial charge in [-0.25, -0.2) is 13.1 Å². The fourth-order valence-corrected chi connectivity index (χ4v) is 1.64. The van der Waals surface area contributed by atoms with Crippen molar-refractivity contribution in [2.24, 2.45) is 0 Å². The summed E-state index contributed by atoms with van der Waals surface area (Å²) in [5.74, 6) is -0.0658. The lowest BCUT2D eigenvalue weighted by atomic mass is 10.6. The van der Waals surface area contributed by atoms with Crippen molar-refractivity contribution in [3.05, 3.63) is 0 Å². The van der Waals surface area contributed by atoms with Crippen LogP contribution in [0.2, 0.25) is 0 Å². The third kappa shape index (κ3) is 6.28. The van der Waals surface area contributed by atoms with Crippen LogP contribution in [0.5, 0.6) is 0 Å². The number of nitrogens with one attached hydrogen (secondary N) is 1. The van der Waals surface area contributed by atoms with Gasteiger partial charge in [-0.15, -0.1) is 0 Å². The topological polar surface area (TPSA) is 73.9 Å². The lowest BCUT2D eigenvalue weighted by Gasteiger charge is -2.13. The second kappa shape index (κ2) is 7.13. The van der Waals surface area contributed by atoms with Crippen LogP contribution in [-0.2, 0) is 24.2 Å². The molecule has 0 rings (SSSR count). The van der Waals surface area contributed by atoms with Gasteiger partial charge in [0.05, 0.1) is 18.9 Å². The van der Waals surface area contributed by atoms with E-state index in [1.807, 2.05) is 0 Å². The zero-order valence-corrected chi connectivity index (χ0v) is 9.46. The van der Waals surface area contributed by atoms with E-state index in [1.54, 1.807) is 0 Å². The third-order valence-corrected chi connectivity index (χ3v) is 2.86. The van der Waals surface area contributed by atoms with Crippen LogP contribution in [0.25, 0.3) is 0 Å². The maximum absolute atomic E-state index is 11.2. The van der Waals surface area contributed by atoms with Gasteiger partial charge in [-0.05, 0) is 0 Å². The molecule has 0 heterocycles. The quantitative estimate of drug-likeness (QED) is 0.548. The molecule has 0 aromatic rings. The average Bonchev–Trinajstić information content (AvgIpc) is 2.16. The van der Waals surface area contributed by atoms with Gasteiger partial charge in [0, 0.05) is 21.3 Å². The van der Waals surface area contributed by atoms with Crippen LogP contribution in [0.4, 0.5) is 0 Å². The van der Waals surface area contributed by atoms with E-state index in [-0.39, 0.29) is 18.9 Å². The third-order valence-electron chi connectivity index (χ3n) is 1.55. The Morgan fingerprint density at radius 1 is 1.21 bits per heavy atom. The maximum Gasteiger partial charge on any atom is 0.214 e. The van der Waals surface area contributed by atoms with Crippen molar-refractivity contribution in [3.63, 3.8) is 0 Å². The Hall–Kier alpha value is -0.210. The van der Waals surface area contributed by atoms with Gasteiger partial charge in [0.1, 0.15) is 0 Å². The molecule has 0 radical (unpaired) electrons. The van der Waals surface area contributed by atoms with E-state index in [4.69, 9.17) is 9.47 Å². The summed E-state index contributed by atoms with van der Waals surface area (Å²) in [6, 6.07) is 0. The van der Waals surface area contributed by atoms with E-state index < -0.39 is 16.3 Å². The Morgan fingerprint density at radius 2 is 1.79 bits per heavy atom. The normalized spacial score (nSPS) is 12.3. The fraction of sp³-hybridized carbons (Fsp3) is 1.00. The molecule has 86 valence electrons. The van der Waals surface area contributed by atoms with Gasteiger partial charge in [-0.1, -0.05) is 0 Å². The van der Waals surface area contributed by atoms with E-state index in [1.165, 1.54) is 21.3 Å². The van der Waals surface area contributed by atoms with Gasteiger partial charge < -0.3 is 14.2 Å². The second-order valence-corrected chi connectivity index (χ2v) is 4.49. The smallest absolute Gasteiger partial charge is 0.214 e. The minimum absolute atomic E-state index is 0.0658. The lowest BCUT2D eigenvalue weighted by Crippen LogP contribution is -2.36. The van der Waals surface area contributed by atoms with Gasteiger partial charge in [0.2, 0.25) is 10.0 Å². The van der Waals surface area contributed by atoms with Crippen LogP contribution in [-0.4, -0.2) is 54.9 Å². The van der Waals surface area contributed by atoms with Crippen LogP contribution < -0.4 is 4.72 Å². The van der Waals surface area contributed by atoms with E-state index in [0.29, 0.717) is 0 Å². The molecule has 0 aliphatic rings. The summed E-state index contributed by atoms with van der Waals surface area (Å²) in [4.78, 5) is 0. The zero-order valence-electron chi connectivity index (χ0n) is 8.65. The molecule has 0 aromatic carbocycles. The van der Waals surface area contributed by atoms with Crippen molar-refractivity contribution in [3.8, 4) is 0 Å². The molecule has 7 heteroatoms. The fourth-order valence-electron chi connectivity index (χ4n) is 0.723. The first-order chi connectivity index (χ1) is 6.55. The largest absolute Gasteiger partial charge is 0.384 e. The first-order valence-electron chi connectivity index (χ1n) is 4.07. The molecule has 0 saturated carbocycles. The van der Waals surface area contributed by atoms with Gasteiger partial charge in [-0.2, -0.15) is 0 Å². The molecular formula is C7H17NO5S. The maximum atomic E-state index is 11.2. The summed E-state index contributed by atoms with van der Waals surface area (Å²) in [5, 5.41) is 0. The highest BCUT2D eigenvalue weighted by Gasteiger charge is 2.13. The van der Waals surface area contributed by atoms with Gasteiger partial charge in [0.15, 0.2) is 6.29 Å².